The summed E-state index contributed by atoms with van der Waals surface area (Å²) in [4.78, 5) is 22.0. The largest absolute Gasteiger partial charge is 0.486 e. The minimum absolute atomic E-state index is 0.0225. The summed E-state index contributed by atoms with van der Waals surface area (Å²) in [7, 11) is 0. The second kappa shape index (κ2) is 6.05. The number of Topliss-reactive ketones (excluding diaryl/α,β-unsaturated/α-hetero) is 1. The van der Waals surface area contributed by atoms with Crippen molar-refractivity contribution in [3.05, 3.63) is 29.8 Å². The van der Waals surface area contributed by atoms with Crippen molar-refractivity contribution in [2.24, 2.45) is 5.92 Å². The first kappa shape index (κ1) is 12.4. The lowest BCUT2D eigenvalue weighted by Gasteiger charge is -2.09. The normalized spacial score (nSPS) is 11.9. The predicted octanol–water partition coefficient (Wildman–Crippen LogP) is 2.49. The van der Waals surface area contributed by atoms with Crippen LogP contribution >= 0.6 is 0 Å². The molecular weight excluding hydrogens is 204 g/mol. The smallest absolute Gasteiger partial charge is 0.172 e. The van der Waals surface area contributed by atoms with Crippen LogP contribution in [0.15, 0.2) is 24.3 Å². The Kier molecular flexibility index (Phi) is 4.70. The highest BCUT2D eigenvalue weighted by atomic mass is 16.5. The SMILES string of the molecule is CCC(C)C(=O)COc1cccc(C=O)c1. The van der Waals surface area contributed by atoms with E-state index >= 15 is 0 Å². The van der Waals surface area contributed by atoms with Crippen LogP contribution < -0.4 is 4.74 Å². The van der Waals surface area contributed by atoms with E-state index in [1.165, 1.54) is 0 Å². The van der Waals surface area contributed by atoms with E-state index < -0.39 is 0 Å². The van der Waals surface area contributed by atoms with E-state index in [1.807, 2.05) is 13.8 Å². The monoisotopic (exact) mass is 220 g/mol. The minimum atomic E-state index is 0.0225. The molecule has 0 radical (unpaired) electrons. The predicted molar refractivity (Wildman–Crippen MR) is 61.8 cm³/mol. The van der Waals surface area contributed by atoms with Crippen molar-refractivity contribution in [1.29, 1.82) is 0 Å². The molecular formula is C13H16O3. The molecule has 1 unspecified atom stereocenters. The number of hydrogen-bond acceptors (Lipinski definition) is 3. The molecule has 0 bridgehead atoms. The quantitative estimate of drug-likeness (QED) is 0.692. The Hall–Kier alpha value is -1.64. The highest BCUT2D eigenvalue weighted by molar-refractivity contribution is 5.82. The van der Waals surface area contributed by atoms with Gasteiger partial charge in [-0.25, -0.2) is 0 Å². The molecule has 0 fully saturated rings. The van der Waals surface area contributed by atoms with Gasteiger partial charge in [-0.1, -0.05) is 26.0 Å². The maximum absolute atomic E-state index is 11.5. The highest BCUT2D eigenvalue weighted by Gasteiger charge is 2.11. The Morgan fingerprint density at radius 1 is 1.50 bits per heavy atom. The molecule has 0 aliphatic heterocycles. The number of ketones is 1. The average Bonchev–Trinajstić information content (AvgIpc) is 2.35. The molecule has 86 valence electrons. The van der Waals surface area contributed by atoms with Crippen LogP contribution in [0, 0.1) is 5.92 Å². The third-order valence-electron chi connectivity index (χ3n) is 2.54. The summed E-state index contributed by atoms with van der Waals surface area (Å²) in [6.07, 6.45) is 1.57. The van der Waals surface area contributed by atoms with Gasteiger partial charge in [0.25, 0.3) is 0 Å². The van der Waals surface area contributed by atoms with Crippen molar-refractivity contribution in [3.8, 4) is 5.75 Å². The summed E-state index contributed by atoms with van der Waals surface area (Å²) in [5.41, 5.74) is 0.550. The second-order valence-electron chi connectivity index (χ2n) is 3.75. The van der Waals surface area contributed by atoms with E-state index in [0.717, 1.165) is 12.7 Å². The molecule has 1 aromatic rings. The van der Waals surface area contributed by atoms with Crippen molar-refractivity contribution in [2.45, 2.75) is 20.3 Å². The van der Waals surface area contributed by atoms with Gasteiger partial charge < -0.3 is 4.74 Å². The molecule has 1 atom stereocenters. The maximum atomic E-state index is 11.5. The van der Waals surface area contributed by atoms with Crippen LogP contribution in [0.2, 0.25) is 0 Å². The van der Waals surface area contributed by atoms with E-state index in [1.54, 1.807) is 24.3 Å². The Bertz CT molecular complexity index is 371. The van der Waals surface area contributed by atoms with Crippen LogP contribution in [-0.4, -0.2) is 18.7 Å². The molecule has 0 saturated heterocycles. The molecule has 0 heterocycles. The maximum Gasteiger partial charge on any atom is 0.172 e. The molecule has 1 rings (SSSR count). The van der Waals surface area contributed by atoms with E-state index in [4.69, 9.17) is 4.74 Å². The molecule has 0 saturated carbocycles. The summed E-state index contributed by atoms with van der Waals surface area (Å²) in [6.45, 7) is 3.92. The molecule has 0 aromatic heterocycles. The minimum Gasteiger partial charge on any atom is -0.486 e. The van der Waals surface area contributed by atoms with E-state index in [2.05, 4.69) is 0 Å². The summed E-state index contributed by atoms with van der Waals surface area (Å²) in [5.74, 6) is 0.662. The van der Waals surface area contributed by atoms with Gasteiger partial charge in [0, 0.05) is 11.5 Å². The number of rotatable bonds is 6. The summed E-state index contributed by atoms with van der Waals surface area (Å²) < 4.78 is 5.32. The number of benzene rings is 1. The lowest BCUT2D eigenvalue weighted by atomic mass is 10.0. The van der Waals surface area contributed by atoms with Gasteiger partial charge in [0.05, 0.1) is 0 Å². The van der Waals surface area contributed by atoms with Gasteiger partial charge in [0.2, 0.25) is 0 Å². The van der Waals surface area contributed by atoms with Gasteiger partial charge in [0.15, 0.2) is 5.78 Å². The van der Waals surface area contributed by atoms with Crippen LogP contribution in [0.3, 0.4) is 0 Å². The van der Waals surface area contributed by atoms with Gasteiger partial charge >= 0.3 is 0 Å². The topological polar surface area (TPSA) is 43.4 Å². The Morgan fingerprint density at radius 2 is 2.25 bits per heavy atom. The Morgan fingerprint density at radius 3 is 2.88 bits per heavy atom. The number of ether oxygens (including phenoxy) is 1. The van der Waals surface area contributed by atoms with Gasteiger partial charge in [-0.3, -0.25) is 9.59 Å². The third kappa shape index (κ3) is 3.50. The summed E-state index contributed by atoms with van der Waals surface area (Å²) in [5, 5.41) is 0. The van der Waals surface area contributed by atoms with Crippen LogP contribution in [0.5, 0.6) is 5.75 Å². The van der Waals surface area contributed by atoms with Gasteiger partial charge in [-0.15, -0.1) is 0 Å². The first-order valence-corrected chi connectivity index (χ1v) is 5.38. The van der Waals surface area contributed by atoms with E-state index in [-0.39, 0.29) is 18.3 Å². The second-order valence-corrected chi connectivity index (χ2v) is 3.75. The molecule has 0 N–H and O–H groups in total. The lowest BCUT2D eigenvalue weighted by Crippen LogP contribution is -2.18. The first-order valence-electron chi connectivity index (χ1n) is 5.38. The number of carbonyl (C=O) groups excluding carboxylic acids is 2. The zero-order valence-electron chi connectivity index (χ0n) is 9.60. The average molecular weight is 220 g/mol. The summed E-state index contributed by atoms with van der Waals surface area (Å²) >= 11 is 0. The van der Waals surface area contributed by atoms with E-state index in [0.29, 0.717) is 11.3 Å². The van der Waals surface area contributed by atoms with Gasteiger partial charge in [-0.2, -0.15) is 0 Å². The first-order chi connectivity index (χ1) is 7.67. The molecule has 3 nitrogen and oxygen atoms in total. The molecule has 0 aliphatic rings. The van der Waals surface area contributed by atoms with Crippen molar-refractivity contribution in [3.63, 3.8) is 0 Å². The lowest BCUT2D eigenvalue weighted by molar-refractivity contribution is -0.124. The number of hydrogen-bond donors (Lipinski definition) is 0. The number of carbonyl (C=O) groups is 2. The Labute approximate surface area is 95.4 Å². The molecule has 0 aliphatic carbocycles. The molecule has 0 amide bonds. The van der Waals surface area contributed by atoms with Crippen molar-refractivity contribution >= 4 is 12.1 Å². The fraction of sp³-hybridized carbons (Fsp3) is 0.385. The zero-order valence-corrected chi connectivity index (χ0v) is 9.60. The van der Waals surface area contributed by atoms with Crippen molar-refractivity contribution in [2.75, 3.05) is 6.61 Å². The Balaban J connectivity index is 2.54. The van der Waals surface area contributed by atoms with Crippen molar-refractivity contribution < 1.29 is 14.3 Å². The fourth-order valence-electron chi connectivity index (χ4n) is 1.20. The number of aldehydes is 1. The van der Waals surface area contributed by atoms with Gasteiger partial charge in [0.1, 0.15) is 18.6 Å². The molecule has 16 heavy (non-hydrogen) atoms. The van der Waals surface area contributed by atoms with E-state index in [9.17, 15) is 9.59 Å². The van der Waals surface area contributed by atoms with Crippen LogP contribution in [-0.2, 0) is 4.79 Å². The van der Waals surface area contributed by atoms with Crippen LogP contribution in [0.4, 0.5) is 0 Å². The van der Waals surface area contributed by atoms with Gasteiger partial charge in [-0.05, 0) is 18.6 Å². The molecule has 1 aromatic carbocycles. The van der Waals surface area contributed by atoms with Crippen LogP contribution in [0.25, 0.3) is 0 Å². The highest BCUT2D eigenvalue weighted by Crippen LogP contribution is 2.12. The summed E-state index contributed by atoms with van der Waals surface area (Å²) in [6, 6.07) is 6.77. The zero-order chi connectivity index (χ0) is 12.0. The standard InChI is InChI=1S/C13H16O3/c1-3-10(2)13(15)9-16-12-6-4-5-11(7-12)8-14/h4-8,10H,3,9H2,1-2H3. The van der Waals surface area contributed by atoms with Crippen LogP contribution in [0.1, 0.15) is 30.6 Å². The molecule has 3 heteroatoms. The molecule has 0 spiro atoms. The van der Waals surface area contributed by atoms with Crippen molar-refractivity contribution in [1.82, 2.24) is 0 Å². The third-order valence-corrected chi connectivity index (χ3v) is 2.54. The fourth-order valence-corrected chi connectivity index (χ4v) is 1.20.